The molecule has 3 rings (SSSR count). The summed E-state index contributed by atoms with van der Waals surface area (Å²) in [6.07, 6.45) is -0.646. The number of carboxylic acid groups (broad SMARTS) is 1. The fourth-order valence-electron chi connectivity index (χ4n) is 4.48. The zero-order valence-corrected chi connectivity index (χ0v) is 19.9. The number of nitrogens with zero attached hydrogens (tertiary/aromatic N) is 3. The summed E-state index contributed by atoms with van der Waals surface area (Å²) in [6, 6.07) is 7.99. The molecule has 9 heteroatoms. The molecular weight excluding hydrogens is 445 g/mol. The van der Waals surface area contributed by atoms with Gasteiger partial charge < -0.3 is 10.4 Å². The van der Waals surface area contributed by atoms with Crippen LogP contribution in [0.2, 0.25) is 0 Å². The fourth-order valence-corrected chi connectivity index (χ4v) is 4.48. The van der Waals surface area contributed by atoms with Crippen molar-refractivity contribution < 1.29 is 23.1 Å². The quantitative estimate of drug-likeness (QED) is 0.428. The van der Waals surface area contributed by atoms with Gasteiger partial charge in [-0.3, -0.25) is 0 Å². The Hall–Kier alpha value is -3.36. The second-order valence-corrected chi connectivity index (χ2v) is 10.3. The highest BCUT2D eigenvalue weighted by Crippen LogP contribution is 2.42. The lowest BCUT2D eigenvalue weighted by Gasteiger charge is -2.38. The first-order chi connectivity index (χ1) is 15.7. The fraction of sp³-hybridized carbons (Fsp3) is 0.400. The predicted octanol–water partition coefficient (Wildman–Crippen LogP) is 6.18. The van der Waals surface area contributed by atoms with Gasteiger partial charge in [0, 0.05) is 0 Å². The Labute approximate surface area is 196 Å². The van der Waals surface area contributed by atoms with Crippen LogP contribution in [0.4, 0.5) is 18.0 Å². The van der Waals surface area contributed by atoms with E-state index in [0.29, 0.717) is 12.0 Å². The monoisotopic (exact) mass is 474 g/mol. The van der Waals surface area contributed by atoms with Crippen LogP contribution in [-0.2, 0) is 6.54 Å². The smallest absolute Gasteiger partial charge is 0.405 e. The van der Waals surface area contributed by atoms with Crippen LogP contribution in [-0.4, -0.2) is 26.0 Å². The van der Waals surface area contributed by atoms with Crippen molar-refractivity contribution in [3.63, 3.8) is 0 Å². The molecule has 1 amide bonds. The number of carbonyl (C=O) groups is 1. The van der Waals surface area contributed by atoms with Crippen LogP contribution in [0.15, 0.2) is 42.5 Å². The van der Waals surface area contributed by atoms with Gasteiger partial charge in [0.25, 0.3) is 0 Å². The summed E-state index contributed by atoms with van der Waals surface area (Å²) in [6.45, 7) is 9.98. The van der Waals surface area contributed by atoms with E-state index < -0.39 is 35.0 Å². The van der Waals surface area contributed by atoms with Gasteiger partial charge in [0.15, 0.2) is 11.6 Å². The summed E-state index contributed by atoms with van der Waals surface area (Å²) < 4.78 is 43.6. The molecule has 1 atom stereocenters. The van der Waals surface area contributed by atoms with Crippen molar-refractivity contribution >= 4 is 6.09 Å². The van der Waals surface area contributed by atoms with Gasteiger partial charge >= 0.3 is 6.09 Å². The van der Waals surface area contributed by atoms with Crippen molar-refractivity contribution in [3.05, 3.63) is 71.3 Å². The van der Waals surface area contributed by atoms with E-state index in [0.717, 1.165) is 18.2 Å². The van der Waals surface area contributed by atoms with Crippen LogP contribution in [0, 0.1) is 28.3 Å². The highest BCUT2D eigenvalue weighted by atomic mass is 19.1. The third kappa shape index (κ3) is 6.15. The van der Waals surface area contributed by atoms with Crippen LogP contribution in [0.3, 0.4) is 0 Å². The number of rotatable bonds is 7. The molecule has 0 aliphatic heterocycles. The Morgan fingerprint density at radius 3 is 2.35 bits per heavy atom. The molecule has 0 aliphatic carbocycles. The first-order valence-electron chi connectivity index (χ1n) is 10.9. The number of hydrogen-bond acceptors (Lipinski definition) is 3. The molecule has 0 spiro atoms. The Kier molecular flexibility index (Phi) is 7.05. The van der Waals surface area contributed by atoms with E-state index in [9.17, 15) is 23.1 Å². The lowest BCUT2D eigenvalue weighted by molar-refractivity contribution is 0.131. The topological polar surface area (TPSA) is 80.0 Å². The van der Waals surface area contributed by atoms with Gasteiger partial charge in [-0.15, -0.1) is 0 Å². The molecule has 0 saturated carbocycles. The zero-order valence-electron chi connectivity index (χ0n) is 19.9. The summed E-state index contributed by atoms with van der Waals surface area (Å²) >= 11 is 0. The van der Waals surface area contributed by atoms with Crippen molar-refractivity contribution in [1.82, 2.24) is 20.1 Å². The molecule has 182 valence electrons. The number of amides is 1. The Balaban J connectivity index is 2.19. The first-order valence-corrected chi connectivity index (χ1v) is 10.9. The lowest BCUT2D eigenvalue weighted by Crippen LogP contribution is -2.41. The molecule has 0 saturated heterocycles. The lowest BCUT2D eigenvalue weighted by atomic mass is 9.71. The summed E-state index contributed by atoms with van der Waals surface area (Å²) in [5, 5.41) is 16.5. The Morgan fingerprint density at radius 2 is 1.74 bits per heavy atom. The standard InChI is InChI=1S/C25H29F3N4O2/c1-24(2,3)14-25(4,5)20(29-23(33)34)22-30-21(18-12-17(27)9-10-19(18)28)31-32(22)13-15-7-6-8-16(26)11-15/h6-12,20,29H,13-14H2,1-5H3,(H,33,34). The number of nitrogens with one attached hydrogen (secondary N) is 1. The molecule has 34 heavy (non-hydrogen) atoms. The molecule has 1 unspecified atom stereocenters. The molecule has 2 N–H and O–H groups in total. The second-order valence-electron chi connectivity index (χ2n) is 10.3. The normalized spacial score (nSPS) is 13.1. The van der Waals surface area contributed by atoms with Crippen LogP contribution < -0.4 is 5.32 Å². The maximum absolute atomic E-state index is 14.5. The highest BCUT2D eigenvalue weighted by molar-refractivity contribution is 5.65. The third-order valence-electron chi connectivity index (χ3n) is 5.38. The maximum Gasteiger partial charge on any atom is 0.405 e. The number of benzene rings is 2. The van der Waals surface area contributed by atoms with Gasteiger partial charge in [0.1, 0.15) is 17.5 Å². The van der Waals surface area contributed by atoms with Gasteiger partial charge in [0.05, 0.1) is 18.2 Å². The largest absolute Gasteiger partial charge is 0.465 e. The summed E-state index contributed by atoms with van der Waals surface area (Å²) in [5.41, 5.74) is -0.379. The van der Waals surface area contributed by atoms with Crippen LogP contribution in [0.5, 0.6) is 0 Å². The molecule has 0 aliphatic rings. The van der Waals surface area contributed by atoms with Gasteiger partial charge in [-0.2, -0.15) is 5.10 Å². The molecule has 3 aromatic rings. The molecular formula is C25H29F3N4O2. The average Bonchev–Trinajstić information content (AvgIpc) is 3.09. The van der Waals surface area contributed by atoms with Crippen LogP contribution in [0.1, 0.15) is 58.5 Å². The van der Waals surface area contributed by atoms with Crippen molar-refractivity contribution in [1.29, 1.82) is 0 Å². The molecule has 6 nitrogen and oxygen atoms in total. The Morgan fingerprint density at radius 1 is 1.06 bits per heavy atom. The van der Waals surface area contributed by atoms with Crippen molar-refractivity contribution in [3.8, 4) is 11.4 Å². The average molecular weight is 475 g/mol. The van der Waals surface area contributed by atoms with E-state index in [-0.39, 0.29) is 29.2 Å². The van der Waals surface area contributed by atoms with E-state index in [1.54, 1.807) is 12.1 Å². The highest BCUT2D eigenvalue weighted by Gasteiger charge is 2.39. The van der Waals surface area contributed by atoms with Gasteiger partial charge in [0.2, 0.25) is 0 Å². The molecule has 0 fully saturated rings. The maximum atomic E-state index is 14.5. The third-order valence-corrected chi connectivity index (χ3v) is 5.38. The van der Waals surface area contributed by atoms with E-state index in [1.165, 1.54) is 16.8 Å². The van der Waals surface area contributed by atoms with E-state index in [1.807, 2.05) is 34.6 Å². The van der Waals surface area contributed by atoms with Crippen molar-refractivity contribution in [2.45, 2.75) is 53.6 Å². The minimum Gasteiger partial charge on any atom is -0.465 e. The van der Waals surface area contributed by atoms with Crippen molar-refractivity contribution in [2.75, 3.05) is 0 Å². The molecule has 1 aromatic heterocycles. The van der Waals surface area contributed by atoms with Crippen molar-refractivity contribution in [2.24, 2.45) is 10.8 Å². The predicted molar refractivity (Wildman–Crippen MR) is 123 cm³/mol. The molecule has 2 aromatic carbocycles. The van der Waals surface area contributed by atoms with Crippen LogP contribution >= 0.6 is 0 Å². The SMILES string of the molecule is CC(C)(C)CC(C)(C)C(NC(=O)O)c1nc(-c2cc(F)ccc2F)nn1Cc1cccc(F)c1. The summed E-state index contributed by atoms with van der Waals surface area (Å²) in [4.78, 5) is 16.2. The molecule has 0 bridgehead atoms. The second kappa shape index (κ2) is 9.48. The minimum atomic E-state index is -1.26. The first kappa shape index (κ1) is 25.3. The van der Waals surface area contributed by atoms with E-state index >= 15 is 0 Å². The minimum absolute atomic E-state index is 0.0560. The number of halogens is 3. The number of aromatic nitrogens is 3. The number of hydrogen-bond donors (Lipinski definition) is 2. The molecule has 0 radical (unpaired) electrons. The Bertz CT molecular complexity index is 1190. The van der Waals surface area contributed by atoms with E-state index in [4.69, 9.17) is 0 Å². The summed E-state index contributed by atoms with van der Waals surface area (Å²) in [5.74, 6) is -1.68. The zero-order chi connectivity index (χ0) is 25.3. The van der Waals surface area contributed by atoms with Gasteiger partial charge in [-0.25, -0.2) is 27.6 Å². The molecule has 1 heterocycles. The van der Waals surface area contributed by atoms with Gasteiger partial charge in [-0.05, 0) is 53.1 Å². The summed E-state index contributed by atoms with van der Waals surface area (Å²) in [7, 11) is 0. The van der Waals surface area contributed by atoms with E-state index in [2.05, 4.69) is 15.4 Å². The van der Waals surface area contributed by atoms with Gasteiger partial charge in [-0.1, -0.05) is 46.8 Å². The van der Waals surface area contributed by atoms with Crippen LogP contribution in [0.25, 0.3) is 11.4 Å².